The van der Waals surface area contributed by atoms with Gasteiger partial charge in [-0.3, -0.25) is 4.79 Å². The summed E-state index contributed by atoms with van der Waals surface area (Å²) in [6, 6.07) is 3.70. The third-order valence-electron chi connectivity index (χ3n) is 3.59. The Bertz CT molecular complexity index is 862. The molecule has 3 aromatic rings. The van der Waals surface area contributed by atoms with Gasteiger partial charge in [-0.2, -0.15) is 0 Å². The Balaban J connectivity index is 1.84. The highest BCUT2D eigenvalue weighted by molar-refractivity contribution is 7.20. The number of pyridine rings is 1. The van der Waals surface area contributed by atoms with E-state index >= 15 is 0 Å². The smallest absolute Gasteiger partial charge is 0.264 e. The molecule has 0 aromatic carbocycles. The van der Waals surface area contributed by atoms with E-state index in [0.717, 1.165) is 21.3 Å². The Hall–Kier alpha value is -2.54. The zero-order valence-corrected chi connectivity index (χ0v) is 13.9. The van der Waals surface area contributed by atoms with Crippen molar-refractivity contribution in [3.63, 3.8) is 0 Å². The van der Waals surface area contributed by atoms with E-state index in [4.69, 9.17) is 4.74 Å². The van der Waals surface area contributed by atoms with E-state index in [1.807, 2.05) is 19.1 Å². The summed E-state index contributed by atoms with van der Waals surface area (Å²) in [6.07, 6.45) is 4.92. The number of methoxy groups -OCH3 is 1. The summed E-state index contributed by atoms with van der Waals surface area (Å²) in [5.41, 5.74) is 1.89. The van der Waals surface area contributed by atoms with Gasteiger partial charge in [0.05, 0.1) is 12.0 Å². The van der Waals surface area contributed by atoms with Gasteiger partial charge in [-0.25, -0.2) is 15.0 Å². The lowest BCUT2D eigenvalue weighted by molar-refractivity contribution is 0.0789. The Labute approximate surface area is 137 Å². The molecule has 0 atom stereocenters. The zero-order chi connectivity index (χ0) is 16.4. The number of amides is 1. The summed E-state index contributed by atoms with van der Waals surface area (Å²) in [7, 11) is 3.35. The maximum Gasteiger partial charge on any atom is 0.264 e. The number of hydrogen-bond donors (Lipinski definition) is 0. The van der Waals surface area contributed by atoms with Crippen molar-refractivity contribution in [1.82, 2.24) is 19.9 Å². The number of aryl methyl sites for hydroxylation is 1. The standard InChI is InChI=1S/C16H16N4O2S/c1-10-12-7-17-9-19-15(12)23-14(10)16(21)20(2)8-11-4-5-18-13(6-11)22-3/h4-7,9H,8H2,1-3H3. The lowest BCUT2D eigenvalue weighted by atomic mass is 10.2. The van der Waals surface area contributed by atoms with Crippen LogP contribution in [0.5, 0.6) is 5.88 Å². The molecule has 3 rings (SSSR count). The van der Waals surface area contributed by atoms with Crippen molar-refractivity contribution < 1.29 is 9.53 Å². The first-order valence-corrected chi connectivity index (χ1v) is 7.85. The second kappa shape index (κ2) is 6.29. The van der Waals surface area contributed by atoms with Crippen LogP contribution in [0.25, 0.3) is 10.2 Å². The minimum absolute atomic E-state index is 0.0266. The average Bonchev–Trinajstić information content (AvgIpc) is 2.91. The van der Waals surface area contributed by atoms with Crippen LogP contribution in [0.4, 0.5) is 0 Å². The number of thiophene rings is 1. The molecule has 6 nitrogen and oxygen atoms in total. The number of rotatable bonds is 4. The topological polar surface area (TPSA) is 68.2 Å². The summed E-state index contributed by atoms with van der Waals surface area (Å²) >= 11 is 1.40. The van der Waals surface area contributed by atoms with Gasteiger partial charge in [0.25, 0.3) is 5.91 Å². The van der Waals surface area contributed by atoms with E-state index in [2.05, 4.69) is 15.0 Å². The number of nitrogens with zero attached hydrogens (tertiary/aromatic N) is 4. The molecule has 0 bridgehead atoms. The normalized spacial score (nSPS) is 10.7. The van der Waals surface area contributed by atoms with Crippen LogP contribution in [0.3, 0.4) is 0 Å². The van der Waals surface area contributed by atoms with Gasteiger partial charge in [-0.1, -0.05) is 0 Å². The van der Waals surface area contributed by atoms with Gasteiger partial charge in [0.1, 0.15) is 11.2 Å². The first kappa shape index (κ1) is 15.4. The molecule has 1 amide bonds. The van der Waals surface area contributed by atoms with Gasteiger partial charge in [0, 0.05) is 37.4 Å². The van der Waals surface area contributed by atoms with Crippen LogP contribution >= 0.6 is 11.3 Å². The first-order chi connectivity index (χ1) is 11.1. The third kappa shape index (κ3) is 3.00. The summed E-state index contributed by atoms with van der Waals surface area (Å²) in [4.78, 5) is 28.3. The summed E-state index contributed by atoms with van der Waals surface area (Å²) < 4.78 is 5.11. The molecule has 23 heavy (non-hydrogen) atoms. The van der Waals surface area contributed by atoms with Crippen LogP contribution < -0.4 is 4.74 Å². The van der Waals surface area contributed by atoms with Crippen LogP contribution in [-0.4, -0.2) is 39.9 Å². The predicted octanol–water partition coefficient (Wildman–Crippen LogP) is 2.68. The zero-order valence-electron chi connectivity index (χ0n) is 13.1. The number of carbonyl (C=O) groups excluding carboxylic acids is 1. The van der Waals surface area contributed by atoms with Crippen LogP contribution in [0, 0.1) is 6.92 Å². The maximum atomic E-state index is 12.7. The second-order valence-corrected chi connectivity index (χ2v) is 6.16. The summed E-state index contributed by atoms with van der Waals surface area (Å²) in [6.45, 7) is 2.41. The number of aromatic nitrogens is 3. The number of hydrogen-bond acceptors (Lipinski definition) is 6. The lowest BCUT2D eigenvalue weighted by Crippen LogP contribution is -2.26. The molecule has 0 unspecified atom stereocenters. The van der Waals surface area contributed by atoms with E-state index in [1.165, 1.54) is 17.7 Å². The highest BCUT2D eigenvalue weighted by Crippen LogP contribution is 2.29. The van der Waals surface area contributed by atoms with E-state index in [9.17, 15) is 4.79 Å². The minimum atomic E-state index is -0.0266. The van der Waals surface area contributed by atoms with Crippen molar-refractivity contribution in [2.45, 2.75) is 13.5 Å². The minimum Gasteiger partial charge on any atom is -0.481 e. The number of ether oxygens (including phenoxy) is 1. The van der Waals surface area contributed by atoms with E-state index < -0.39 is 0 Å². The second-order valence-electron chi connectivity index (χ2n) is 5.17. The Kier molecular flexibility index (Phi) is 4.20. The molecule has 0 spiro atoms. The maximum absolute atomic E-state index is 12.7. The molecule has 0 fully saturated rings. The number of fused-ring (bicyclic) bond motifs is 1. The summed E-state index contributed by atoms with van der Waals surface area (Å²) in [5.74, 6) is 0.512. The van der Waals surface area contributed by atoms with Crippen molar-refractivity contribution in [2.24, 2.45) is 0 Å². The number of carbonyl (C=O) groups is 1. The molecule has 0 aliphatic rings. The molecule has 0 N–H and O–H groups in total. The van der Waals surface area contributed by atoms with Crippen LogP contribution in [0.2, 0.25) is 0 Å². The highest BCUT2D eigenvalue weighted by Gasteiger charge is 2.19. The Morgan fingerprint density at radius 3 is 2.96 bits per heavy atom. The predicted molar refractivity (Wildman–Crippen MR) is 88.7 cm³/mol. The van der Waals surface area contributed by atoms with Crippen molar-refractivity contribution in [1.29, 1.82) is 0 Å². The highest BCUT2D eigenvalue weighted by atomic mass is 32.1. The van der Waals surface area contributed by atoms with Crippen LogP contribution in [0.1, 0.15) is 20.8 Å². The SMILES string of the molecule is COc1cc(CN(C)C(=O)c2sc3ncncc3c2C)ccn1. The molecule has 7 heteroatoms. The van der Waals surface area contributed by atoms with E-state index in [-0.39, 0.29) is 5.91 Å². The van der Waals surface area contributed by atoms with E-state index in [1.54, 1.807) is 31.5 Å². The molecular formula is C16H16N4O2S. The quantitative estimate of drug-likeness (QED) is 0.736. The molecule has 3 heterocycles. The molecule has 0 aliphatic carbocycles. The van der Waals surface area contributed by atoms with E-state index in [0.29, 0.717) is 17.3 Å². The Morgan fingerprint density at radius 2 is 2.22 bits per heavy atom. The van der Waals surface area contributed by atoms with Crippen molar-refractivity contribution >= 4 is 27.5 Å². The van der Waals surface area contributed by atoms with Gasteiger partial charge in [-0.05, 0) is 24.1 Å². The van der Waals surface area contributed by atoms with Gasteiger partial charge >= 0.3 is 0 Å². The molecule has 118 valence electrons. The summed E-state index contributed by atoms with van der Waals surface area (Å²) in [5, 5.41) is 0.930. The third-order valence-corrected chi connectivity index (χ3v) is 4.79. The van der Waals surface area contributed by atoms with Crippen LogP contribution in [0.15, 0.2) is 30.9 Å². The van der Waals surface area contributed by atoms with Gasteiger partial charge in [0.15, 0.2) is 0 Å². The molecule has 0 aliphatic heterocycles. The van der Waals surface area contributed by atoms with Crippen molar-refractivity contribution in [3.8, 4) is 5.88 Å². The van der Waals surface area contributed by atoms with Crippen molar-refractivity contribution in [2.75, 3.05) is 14.2 Å². The first-order valence-electron chi connectivity index (χ1n) is 7.03. The Morgan fingerprint density at radius 1 is 1.39 bits per heavy atom. The molecular weight excluding hydrogens is 312 g/mol. The van der Waals surface area contributed by atoms with Gasteiger partial charge in [-0.15, -0.1) is 11.3 Å². The fourth-order valence-corrected chi connectivity index (χ4v) is 3.45. The monoisotopic (exact) mass is 328 g/mol. The fraction of sp³-hybridized carbons (Fsp3) is 0.250. The largest absolute Gasteiger partial charge is 0.481 e. The van der Waals surface area contributed by atoms with Crippen LogP contribution in [-0.2, 0) is 6.54 Å². The average molecular weight is 328 g/mol. The lowest BCUT2D eigenvalue weighted by Gasteiger charge is -2.17. The molecule has 0 saturated heterocycles. The molecule has 0 saturated carbocycles. The molecule has 0 radical (unpaired) electrons. The molecule has 3 aromatic heterocycles. The fourth-order valence-electron chi connectivity index (χ4n) is 2.34. The van der Waals surface area contributed by atoms with Crippen molar-refractivity contribution in [3.05, 3.63) is 46.9 Å². The van der Waals surface area contributed by atoms with Gasteiger partial charge in [0.2, 0.25) is 5.88 Å². The van der Waals surface area contributed by atoms with Gasteiger partial charge < -0.3 is 9.64 Å².